The molecule has 1 heterocycles. The van der Waals surface area contributed by atoms with Crippen LogP contribution in [0.1, 0.15) is 24.3 Å². The zero-order valence-corrected chi connectivity index (χ0v) is 9.76. The van der Waals surface area contributed by atoms with Crippen LogP contribution in [-0.2, 0) is 4.79 Å². The molecule has 3 N–H and O–H groups in total. The van der Waals surface area contributed by atoms with E-state index in [4.69, 9.17) is 16.7 Å². The number of hydrogen-bond acceptors (Lipinski definition) is 2. The summed E-state index contributed by atoms with van der Waals surface area (Å²) in [6.07, 6.45) is 1.48. The minimum atomic E-state index is -0.994. The second kappa shape index (κ2) is 4.57. The Bertz CT molecular complexity index is 412. The molecule has 0 saturated carbocycles. The molecule has 1 aromatic rings. The van der Waals surface area contributed by atoms with Gasteiger partial charge in [0.25, 0.3) is 5.91 Å². The monoisotopic (exact) mass is 244 g/mol. The van der Waals surface area contributed by atoms with E-state index in [9.17, 15) is 9.59 Å². The predicted octanol–water partition coefficient (Wildman–Crippen LogP) is 1.51. The summed E-state index contributed by atoms with van der Waals surface area (Å²) in [5.41, 5.74) is -0.683. The Morgan fingerprint density at radius 2 is 2.19 bits per heavy atom. The molecule has 1 amide bonds. The first kappa shape index (κ1) is 12.6. The third-order valence-corrected chi connectivity index (χ3v) is 2.38. The van der Waals surface area contributed by atoms with Crippen molar-refractivity contribution in [3.05, 3.63) is 23.0 Å². The van der Waals surface area contributed by atoms with Gasteiger partial charge in [-0.05, 0) is 19.9 Å². The summed E-state index contributed by atoms with van der Waals surface area (Å²) < 4.78 is 0. The van der Waals surface area contributed by atoms with E-state index in [0.29, 0.717) is 10.7 Å². The van der Waals surface area contributed by atoms with Gasteiger partial charge in [0.2, 0.25) is 0 Å². The molecule has 0 fully saturated rings. The summed E-state index contributed by atoms with van der Waals surface area (Å²) >= 11 is 5.64. The van der Waals surface area contributed by atoms with Gasteiger partial charge in [0.1, 0.15) is 5.69 Å². The standard InChI is InChI=1S/C10H13ClN2O3/c1-10(2,9(15)16)5-13-8(14)7-3-6(11)4-12-7/h3-4,12H,5H2,1-2H3,(H,13,14)(H,15,16). The highest BCUT2D eigenvalue weighted by atomic mass is 35.5. The number of carboxylic acid groups (broad SMARTS) is 1. The Morgan fingerprint density at radius 1 is 1.56 bits per heavy atom. The van der Waals surface area contributed by atoms with Crippen molar-refractivity contribution in [3.63, 3.8) is 0 Å². The van der Waals surface area contributed by atoms with Crippen molar-refractivity contribution in [2.45, 2.75) is 13.8 Å². The van der Waals surface area contributed by atoms with Crippen molar-refractivity contribution in [1.82, 2.24) is 10.3 Å². The molecule has 0 unspecified atom stereocenters. The molecule has 6 heteroatoms. The van der Waals surface area contributed by atoms with Gasteiger partial charge in [-0.25, -0.2) is 0 Å². The van der Waals surface area contributed by atoms with Gasteiger partial charge in [-0.3, -0.25) is 9.59 Å². The van der Waals surface area contributed by atoms with Gasteiger partial charge in [-0.2, -0.15) is 0 Å². The van der Waals surface area contributed by atoms with Gasteiger partial charge in [-0.15, -0.1) is 0 Å². The highest BCUT2D eigenvalue weighted by Crippen LogP contribution is 2.14. The lowest BCUT2D eigenvalue weighted by atomic mass is 9.94. The lowest BCUT2D eigenvalue weighted by Crippen LogP contribution is -2.39. The van der Waals surface area contributed by atoms with E-state index in [1.807, 2.05) is 0 Å². The summed E-state index contributed by atoms with van der Waals surface area (Å²) in [6.45, 7) is 3.13. The zero-order chi connectivity index (χ0) is 12.3. The molecule has 0 aliphatic heterocycles. The predicted molar refractivity (Wildman–Crippen MR) is 59.6 cm³/mol. The van der Waals surface area contributed by atoms with Crippen LogP contribution in [0.25, 0.3) is 0 Å². The molecule has 0 aromatic carbocycles. The molecule has 1 rings (SSSR count). The maximum Gasteiger partial charge on any atom is 0.310 e. The van der Waals surface area contributed by atoms with Gasteiger partial charge < -0.3 is 15.4 Å². The first-order valence-corrected chi connectivity index (χ1v) is 5.06. The third kappa shape index (κ3) is 3.00. The molecule has 0 aliphatic rings. The fraction of sp³-hybridized carbons (Fsp3) is 0.400. The van der Waals surface area contributed by atoms with E-state index in [-0.39, 0.29) is 12.5 Å². The Morgan fingerprint density at radius 3 is 2.62 bits per heavy atom. The molecule has 0 spiro atoms. The van der Waals surface area contributed by atoms with Crippen molar-refractivity contribution in [3.8, 4) is 0 Å². The number of aromatic amines is 1. The van der Waals surface area contributed by atoms with Crippen molar-refractivity contribution >= 4 is 23.5 Å². The Hall–Kier alpha value is -1.49. The van der Waals surface area contributed by atoms with Gasteiger partial charge in [-0.1, -0.05) is 11.6 Å². The van der Waals surface area contributed by atoms with Crippen molar-refractivity contribution in [1.29, 1.82) is 0 Å². The van der Waals surface area contributed by atoms with Crippen LogP contribution < -0.4 is 5.32 Å². The van der Waals surface area contributed by atoms with Crippen LogP contribution >= 0.6 is 11.6 Å². The minimum absolute atomic E-state index is 0.0534. The largest absolute Gasteiger partial charge is 0.481 e. The van der Waals surface area contributed by atoms with Crippen LogP contribution in [-0.4, -0.2) is 28.5 Å². The normalized spacial score (nSPS) is 11.2. The molecule has 0 saturated heterocycles. The highest BCUT2D eigenvalue weighted by molar-refractivity contribution is 6.30. The Balaban J connectivity index is 2.57. The number of carboxylic acids is 1. The SMILES string of the molecule is CC(C)(CNC(=O)c1cc(Cl)c[nH]1)C(=O)O. The quantitative estimate of drug-likeness (QED) is 0.751. The zero-order valence-electron chi connectivity index (χ0n) is 9.00. The number of amides is 1. The lowest BCUT2D eigenvalue weighted by Gasteiger charge is -2.19. The van der Waals surface area contributed by atoms with Gasteiger partial charge in [0.05, 0.1) is 10.4 Å². The summed E-state index contributed by atoms with van der Waals surface area (Å²) in [7, 11) is 0. The smallest absolute Gasteiger partial charge is 0.310 e. The number of aromatic nitrogens is 1. The van der Waals surface area contributed by atoms with Crippen LogP contribution in [0, 0.1) is 5.41 Å². The summed E-state index contributed by atoms with van der Waals surface area (Å²) in [5.74, 6) is -1.33. The third-order valence-electron chi connectivity index (χ3n) is 2.16. The van der Waals surface area contributed by atoms with Crippen molar-refractivity contribution in [2.75, 3.05) is 6.54 Å². The maximum absolute atomic E-state index is 11.5. The van der Waals surface area contributed by atoms with E-state index in [1.165, 1.54) is 26.1 Å². The molecule has 16 heavy (non-hydrogen) atoms. The van der Waals surface area contributed by atoms with Crippen LogP contribution in [0.3, 0.4) is 0 Å². The first-order valence-electron chi connectivity index (χ1n) is 4.68. The Labute approximate surface area is 97.8 Å². The summed E-state index contributed by atoms with van der Waals surface area (Å²) in [6, 6.07) is 1.48. The average molecular weight is 245 g/mol. The number of nitrogens with one attached hydrogen (secondary N) is 2. The van der Waals surface area contributed by atoms with E-state index >= 15 is 0 Å². The van der Waals surface area contributed by atoms with Gasteiger partial charge in [0, 0.05) is 12.7 Å². The molecule has 0 atom stereocenters. The molecule has 0 bridgehead atoms. The van der Waals surface area contributed by atoms with E-state index < -0.39 is 11.4 Å². The summed E-state index contributed by atoms with van der Waals surface area (Å²) in [5, 5.41) is 11.8. The number of carbonyl (C=O) groups is 2. The second-order valence-electron chi connectivity index (χ2n) is 4.10. The van der Waals surface area contributed by atoms with Crippen LogP contribution in [0.4, 0.5) is 0 Å². The molecular weight excluding hydrogens is 232 g/mol. The number of rotatable bonds is 4. The Kier molecular flexibility index (Phi) is 3.59. The summed E-state index contributed by atoms with van der Waals surface area (Å²) in [4.78, 5) is 25.0. The minimum Gasteiger partial charge on any atom is -0.481 e. The maximum atomic E-state index is 11.5. The van der Waals surface area contributed by atoms with Gasteiger partial charge in [0.15, 0.2) is 0 Å². The number of carbonyl (C=O) groups excluding carboxylic acids is 1. The van der Waals surface area contributed by atoms with Crippen LogP contribution in [0.15, 0.2) is 12.3 Å². The molecule has 88 valence electrons. The van der Waals surface area contributed by atoms with Crippen LogP contribution in [0.2, 0.25) is 5.02 Å². The topological polar surface area (TPSA) is 82.2 Å². The number of H-pyrrole nitrogens is 1. The molecule has 0 aliphatic carbocycles. The van der Waals surface area contributed by atoms with E-state index in [2.05, 4.69) is 10.3 Å². The average Bonchev–Trinajstić information content (AvgIpc) is 2.61. The molecule has 5 nitrogen and oxygen atoms in total. The number of hydrogen-bond donors (Lipinski definition) is 3. The molecular formula is C10H13ClN2O3. The highest BCUT2D eigenvalue weighted by Gasteiger charge is 2.27. The van der Waals surface area contributed by atoms with E-state index in [1.54, 1.807) is 0 Å². The van der Waals surface area contributed by atoms with E-state index in [0.717, 1.165) is 0 Å². The van der Waals surface area contributed by atoms with Gasteiger partial charge >= 0.3 is 5.97 Å². The van der Waals surface area contributed by atoms with Crippen molar-refractivity contribution < 1.29 is 14.7 Å². The first-order chi connectivity index (χ1) is 7.33. The molecule has 0 radical (unpaired) electrons. The fourth-order valence-corrected chi connectivity index (χ4v) is 1.13. The second-order valence-corrected chi connectivity index (χ2v) is 4.54. The number of halogens is 1. The van der Waals surface area contributed by atoms with Crippen molar-refractivity contribution in [2.24, 2.45) is 5.41 Å². The van der Waals surface area contributed by atoms with Crippen LogP contribution in [0.5, 0.6) is 0 Å². The fourth-order valence-electron chi connectivity index (χ4n) is 0.971. The number of aliphatic carboxylic acids is 1. The molecule has 1 aromatic heterocycles. The lowest BCUT2D eigenvalue weighted by molar-refractivity contribution is -0.146.